The molecule has 0 bridgehead atoms. The number of hydrogen-bond acceptors (Lipinski definition) is 6. The predicted molar refractivity (Wildman–Crippen MR) is 117 cm³/mol. The lowest BCUT2D eigenvalue weighted by Crippen LogP contribution is -2.31. The van der Waals surface area contributed by atoms with E-state index >= 15 is 0 Å². The second-order valence-corrected chi connectivity index (χ2v) is 7.74. The molecule has 0 fully saturated rings. The number of benzene rings is 2. The number of nitrogens with zero attached hydrogens (tertiary/aromatic N) is 3. The number of halogens is 2. The van der Waals surface area contributed by atoms with E-state index in [1.807, 2.05) is 6.07 Å². The van der Waals surface area contributed by atoms with Gasteiger partial charge in [0.1, 0.15) is 19.0 Å². The highest BCUT2D eigenvalue weighted by Gasteiger charge is 2.32. The third-order valence-electron chi connectivity index (χ3n) is 4.96. The van der Waals surface area contributed by atoms with Gasteiger partial charge in [-0.25, -0.2) is 4.68 Å². The number of methoxy groups -OCH3 is 1. The number of primary amides is 1. The van der Waals surface area contributed by atoms with Gasteiger partial charge in [-0.15, -0.1) is 0 Å². The molecule has 1 amide bonds. The summed E-state index contributed by atoms with van der Waals surface area (Å²) in [5, 5.41) is 8.38. The Balaban J connectivity index is 1.67. The van der Waals surface area contributed by atoms with Gasteiger partial charge in [0.05, 0.1) is 12.7 Å². The maximum atomic E-state index is 12.2. The van der Waals surface area contributed by atoms with E-state index in [9.17, 15) is 4.79 Å². The van der Waals surface area contributed by atoms with Crippen LogP contribution in [-0.4, -0.2) is 27.8 Å². The zero-order valence-electron chi connectivity index (χ0n) is 16.7. The number of ether oxygens (including phenoxy) is 2. The van der Waals surface area contributed by atoms with Crippen molar-refractivity contribution in [1.82, 2.24) is 14.8 Å². The summed E-state index contributed by atoms with van der Waals surface area (Å²) < 4.78 is 13.1. The Morgan fingerprint density at radius 2 is 2.03 bits per heavy atom. The summed E-state index contributed by atoms with van der Waals surface area (Å²) in [5.74, 6) is 0.979. The zero-order valence-corrected chi connectivity index (χ0v) is 18.2. The van der Waals surface area contributed by atoms with Crippen LogP contribution in [0.3, 0.4) is 0 Å². The number of amides is 1. The van der Waals surface area contributed by atoms with E-state index in [0.29, 0.717) is 38.8 Å². The first kappa shape index (κ1) is 21.0. The number of allylic oxidation sites excluding steroid dienone is 1. The molecule has 0 unspecified atom stereocenters. The van der Waals surface area contributed by atoms with Crippen LogP contribution in [-0.2, 0) is 11.4 Å². The molecule has 160 valence electrons. The lowest BCUT2D eigenvalue weighted by Gasteiger charge is -2.28. The summed E-state index contributed by atoms with van der Waals surface area (Å²) >= 11 is 12.2. The molecule has 0 radical (unpaired) electrons. The highest BCUT2D eigenvalue weighted by Crippen LogP contribution is 2.38. The number of nitrogens with one attached hydrogen (secondary N) is 1. The molecule has 1 aromatic heterocycles. The molecule has 1 aliphatic rings. The van der Waals surface area contributed by atoms with Gasteiger partial charge in [-0.2, -0.15) is 10.1 Å². The van der Waals surface area contributed by atoms with Gasteiger partial charge >= 0.3 is 0 Å². The maximum absolute atomic E-state index is 12.2. The van der Waals surface area contributed by atoms with Crippen molar-refractivity contribution in [3.63, 3.8) is 0 Å². The van der Waals surface area contributed by atoms with E-state index in [0.717, 1.165) is 11.1 Å². The predicted octanol–water partition coefficient (Wildman–Crippen LogP) is 3.95. The number of anilines is 1. The summed E-state index contributed by atoms with van der Waals surface area (Å²) in [6.45, 7) is 2.01. The van der Waals surface area contributed by atoms with Gasteiger partial charge in [-0.1, -0.05) is 35.3 Å². The molecule has 1 aliphatic heterocycles. The summed E-state index contributed by atoms with van der Waals surface area (Å²) in [5.41, 5.74) is 8.22. The monoisotopic (exact) mass is 459 g/mol. The van der Waals surface area contributed by atoms with Crippen LogP contribution in [0.2, 0.25) is 10.0 Å². The van der Waals surface area contributed by atoms with Crippen LogP contribution < -0.4 is 20.5 Å². The lowest BCUT2D eigenvalue weighted by molar-refractivity contribution is -0.115. The van der Waals surface area contributed by atoms with Gasteiger partial charge in [0, 0.05) is 21.3 Å². The number of aromatic nitrogens is 3. The van der Waals surface area contributed by atoms with E-state index in [1.165, 1.54) is 6.33 Å². The fourth-order valence-corrected chi connectivity index (χ4v) is 3.95. The van der Waals surface area contributed by atoms with Gasteiger partial charge in [-0.05, 0) is 36.8 Å². The number of fused-ring (bicyclic) bond motifs is 1. The minimum Gasteiger partial charge on any atom is -0.493 e. The molecule has 2 heterocycles. The van der Waals surface area contributed by atoms with Crippen molar-refractivity contribution in [3.8, 4) is 11.5 Å². The normalized spacial score (nSPS) is 15.3. The molecule has 0 spiro atoms. The topological polar surface area (TPSA) is 104 Å². The lowest BCUT2D eigenvalue weighted by atomic mass is 9.95. The Morgan fingerprint density at radius 1 is 1.23 bits per heavy atom. The van der Waals surface area contributed by atoms with Crippen LogP contribution in [0.25, 0.3) is 0 Å². The van der Waals surface area contributed by atoms with Gasteiger partial charge in [0.15, 0.2) is 11.5 Å². The molecule has 1 atom stereocenters. The first-order valence-corrected chi connectivity index (χ1v) is 10.1. The van der Waals surface area contributed by atoms with Crippen molar-refractivity contribution in [2.24, 2.45) is 5.73 Å². The fourth-order valence-electron chi connectivity index (χ4n) is 3.49. The maximum Gasteiger partial charge on any atom is 0.248 e. The average molecular weight is 460 g/mol. The van der Waals surface area contributed by atoms with Crippen LogP contribution in [0, 0.1) is 0 Å². The number of hydrogen-bond donors (Lipinski definition) is 2. The second kappa shape index (κ2) is 8.49. The molecule has 0 saturated heterocycles. The molecule has 3 aromatic rings. The van der Waals surface area contributed by atoms with Crippen molar-refractivity contribution in [3.05, 3.63) is 75.2 Å². The average Bonchev–Trinajstić information content (AvgIpc) is 3.19. The van der Waals surface area contributed by atoms with E-state index in [1.54, 1.807) is 49.0 Å². The molecule has 2 aromatic carbocycles. The number of carbonyl (C=O) groups excluding carboxylic acids is 1. The molecule has 4 rings (SSSR count). The smallest absolute Gasteiger partial charge is 0.248 e. The van der Waals surface area contributed by atoms with E-state index < -0.39 is 11.9 Å². The van der Waals surface area contributed by atoms with Crippen molar-refractivity contribution >= 4 is 35.1 Å². The van der Waals surface area contributed by atoms with Crippen LogP contribution >= 0.6 is 23.2 Å². The van der Waals surface area contributed by atoms with Crippen molar-refractivity contribution in [2.45, 2.75) is 19.6 Å². The SMILES string of the molecule is COc1cc([C@@H]2C(C(N)=O)=C(C)Nc3ncnn32)ccc1OCc1ccc(Cl)cc1Cl. The van der Waals surface area contributed by atoms with Gasteiger partial charge < -0.3 is 20.5 Å². The number of carbonyl (C=O) groups is 1. The molecule has 8 nitrogen and oxygen atoms in total. The molecular formula is C21H19Cl2N5O3. The molecule has 3 N–H and O–H groups in total. The Hall–Kier alpha value is -3.23. The summed E-state index contributed by atoms with van der Waals surface area (Å²) in [6.07, 6.45) is 1.41. The Kier molecular flexibility index (Phi) is 5.75. The molecule has 0 aliphatic carbocycles. The van der Waals surface area contributed by atoms with E-state index in [2.05, 4.69) is 15.4 Å². The first-order valence-electron chi connectivity index (χ1n) is 9.30. The first-order chi connectivity index (χ1) is 14.9. The fraction of sp³-hybridized carbons (Fsp3) is 0.190. The minimum absolute atomic E-state index is 0.234. The molecular weight excluding hydrogens is 441 g/mol. The Morgan fingerprint density at radius 3 is 2.74 bits per heavy atom. The summed E-state index contributed by atoms with van der Waals surface area (Å²) in [6, 6.07) is 10.1. The van der Waals surface area contributed by atoms with Crippen LogP contribution in [0.15, 0.2) is 54.0 Å². The zero-order chi connectivity index (χ0) is 22.1. The quantitative estimate of drug-likeness (QED) is 0.578. The summed E-state index contributed by atoms with van der Waals surface area (Å²) in [4.78, 5) is 16.4. The van der Waals surface area contributed by atoms with Crippen molar-refractivity contribution in [1.29, 1.82) is 0 Å². The third kappa shape index (κ3) is 4.04. The Labute approximate surface area is 188 Å². The highest BCUT2D eigenvalue weighted by molar-refractivity contribution is 6.35. The number of rotatable bonds is 6. The standard InChI is InChI=1S/C21H19Cl2N5O3/c1-11-18(20(24)29)19(28-21(27-11)25-10-26-28)12-4-6-16(17(7-12)30-2)31-9-13-3-5-14(22)8-15(13)23/h3-8,10,19H,9H2,1-2H3,(H2,24,29)(H,25,26,27)/t19-/m1/s1. The minimum atomic E-state index is -0.551. The van der Waals surface area contributed by atoms with Crippen LogP contribution in [0.1, 0.15) is 24.1 Å². The molecule has 31 heavy (non-hydrogen) atoms. The van der Waals surface area contributed by atoms with Crippen molar-refractivity contribution < 1.29 is 14.3 Å². The van der Waals surface area contributed by atoms with Crippen LogP contribution in [0.4, 0.5) is 5.95 Å². The Bertz CT molecular complexity index is 1190. The van der Waals surface area contributed by atoms with E-state index in [4.69, 9.17) is 38.4 Å². The highest BCUT2D eigenvalue weighted by atomic mass is 35.5. The van der Waals surface area contributed by atoms with Crippen molar-refractivity contribution in [2.75, 3.05) is 12.4 Å². The van der Waals surface area contributed by atoms with Gasteiger partial charge in [0.2, 0.25) is 11.9 Å². The molecule has 0 saturated carbocycles. The third-order valence-corrected chi connectivity index (χ3v) is 5.55. The number of nitrogens with two attached hydrogens (primary N) is 1. The second-order valence-electron chi connectivity index (χ2n) is 6.89. The summed E-state index contributed by atoms with van der Waals surface area (Å²) in [7, 11) is 1.54. The van der Waals surface area contributed by atoms with Gasteiger partial charge in [0.25, 0.3) is 0 Å². The van der Waals surface area contributed by atoms with Gasteiger partial charge in [-0.3, -0.25) is 4.79 Å². The van der Waals surface area contributed by atoms with E-state index in [-0.39, 0.29) is 6.61 Å². The largest absolute Gasteiger partial charge is 0.493 e. The van der Waals surface area contributed by atoms with Crippen LogP contribution in [0.5, 0.6) is 11.5 Å². The molecule has 10 heteroatoms.